The van der Waals surface area contributed by atoms with Crippen LogP contribution < -0.4 is 11.1 Å². The highest BCUT2D eigenvalue weighted by Gasteiger charge is 2.22. The maximum Gasteiger partial charge on any atom is 0.229 e. The van der Waals surface area contributed by atoms with Gasteiger partial charge in [0.05, 0.1) is 19.1 Å². The van der Waals surface area contributed by atoms with Gasteiger partial charge in [-0.2, -0.15) is 0 Å². The van der Waals surface area contributed by atoms with Gasteiger partial charge in [-0.1, -0.05) is 11.8 Å². The number of aryl methyl sites for hydroxylation is 1. The Bertz CT molecular complexity index is 537. The molecule has 0 aromatic heterocycles. The van der Waals surface area contributed by atoms with Crippen LogP contribution in [0.15, 0.2) is 18.2 Å². The molecule has 106 valence electrons. The van der Waals surface area contributed by atoms with Crippen LogP contribution in [0.3, 0.4) is 0 Å². The maximum absolute atomic E-state index is 12.1. The molecule has 0 radical (unpaired) electrons. The summed E-state index contributed by atoms with van der Waals surface area (Å²) in [6.45, 7) is 3.59. The van der Waals surface area contributed by atoms with E-state index in [0.717, 1.165) is 36.3 Å². The van der Waals surface area contributed by atoms with Crippen molar-refractivity contribution < 1.29 is 9.53 Å². The smallest absolute Gasteiger partial charge is 0.229 e. The first-order valence-corrected chi connectivity index (χ1v) is 6.89. The molecule has 1 fully saturated rings. The largest absolute Gasteiger partial charge is 0.381 e. The summed E-state index contributed by atoms with van der Waals surface area (Å²) in [5, 5.41) is 2.97. The maximum atomic E-state index is 12.1. The Labute approximate surface area is 119 Å². The van der Waals surface area contributed by atoms with Crippen molar-refractivity contribution in [1.82, 2.24) is 0 Å². The number of nitrogens with two attached hydrogens (primary N) is 1. The minimum absolute atomic E-state index is 0.0357. The quantitative estimate of drug-likeness (QED) is 0.805. The number of amides is 1. The summed E-state index contributed by atoms with van der Waals surface area (Å²) in [7, 11) is 0. The Morgan fingerprint density at radius 2 is 2.40 bits per heavy atom. The van der Waals surface area contributed by atoms with Crippen molar-refractivity contribution in [1.29, 1.82) is 0 Å². The monoisotopic (exact) mass is 272 g/mol. The Morgan fingerprint density at radius 1 is 1.55 bits per heavy atom. The normalized spacial score (nSPS) is 18.0. The lowest BCUT2D eigenvalue weighted by molar-refractivity contribution is -0.123. The van der Waals surface area contributed by atoms with Gasteiger partial charge in [0.1, 0.15) is 0 Å². The van der Waals surface area contributed by atoms with E-state index < -0.39 is 0 Å². The molecule has 1 aliphatic rings. The molecule has 4 heteroatoms. The van der Waals surface area contributed by atoms with E-state index in [9.17, 15) is 4.79 Å². The van der Waals surface area contributed by atoms with Gasteiger partial charge < -0.3 is 15.8 Å². The van der Waals surface area contributed by atoms with Crippen LogP contribution in [0, 0.1) is 24.7 Å². The van der Waals surface area contributed by atoms with E-state index in [2.05, 4.69) is 17.2 Å². The fourth-order valence-corrected chi connectivity index (χ4v) is 2.22. The van der Waals surface area contributed by atoms with E-state index in [1.165, 1.54) is 0 Å². The van der Waals surface area contributed by atoms with Gasteiger partial charge in [0.15, 0.2) is 0 Å². The van der Waals surface area contributed by atoms with E-state index in [1.54, 1.807) is 0 Å². The van der Waals surface area contributed by atoms with E-state index in [0.29, 0.717) is 13.2 Å². The SMILES string of the molecule is Cc1cc(C#CCN)ccc1NC(=O)C1CCCOC1. The minimum Gasteiger partial charge on any atom is -0.381 e. The first-order chi connectivity index (χ1) is 9.70. The molecule has 1 unspecified atom stereocenters. The predicted octanol–water partition coefficient (Wildman–Crippen LogP) is 1.67. The van der Waals surface area contributed by atoms with Crippen LogP contribution in [0.25, 0.3) is 0 Å². The first-order valence-electron chi connectivity index (χ1n) is 6.89. The Morgan fingerprint density at radius 3 is 3.05 bits per heavy atom. The summed E-state index contributed by atoms with van der Waals surface area (Å²) in [6.07, 6.45) is 1.84. The fourth-order valence-electron chi connectivity index (χ4n) is 2.22. The third-order valence-electron chi connectivity index (χ3n) is 3.35. The van der Waals surface area contributed by atoms with E-state index in [1.807, 2.05) is 25.1 Å². The van der Waals surface area contributed by atoms with Crippen molar-refractivity contribution in [3.63, 3.8) is 0 Å². The van der Waals surface area contributed by atoms with Crippen molar-refractivity contribution >= 4 is 11.6 Å². The molecule has 1 saturated heterocycles. The van der Waals surface area contributed by atoms with Crippen LogP contribution >= 0.6 is 0 Å². The van der Waals surface area contributed by atoms with Gasteiger partial charge in [0.2, 0.25) is 5.91 Å². The highest BCUT2D eigenvalue weighted by molar-refractivity contribution is 5.93. The molecule has 2 rings (SSSR count). The molecular weight excluding hydrogens is 252 g/mol. The summed E-state index contributed by atoms with van der Waals surface area (Å²) in [4.78, 5) is 12.1. The Balaban J connectivity index is 2.03. The molecule has 0 bridgehead atoms. The Kier molecular flexibility index (Phi) is 5.16. The highest BCUT2D eigenvalue weighted by atomic mass is 16.5. The molecule has 1 aliphatic heterocycles. The van der Waals surface area contributed by atoms with Gasteiger partial charge in [-0.25, -0.2) is 0 Å². The van der Waals surface area contributed by atoms with Gasteiger partial charge in [-0.15, -0.1) is 0 Å². The lowest BCUT2D eigenvalue weighted by Gasteiger charge is -2.21. The number of anilines is 1. The number of carbonyl (C=O) groups is 1. The molecule has 1 aromatic rings. The third kappa shape index (κ3) is 3.83. The van der Waals surface area contributed by atoms with Gasteiger partial charge in [-0.3, -0.25) is 4.79 Å². The van der Waals surface area contributed by atoms with Gasteiger partial charge in [0, 0.05) is 17.9 Å². The molecule has 0 aliphatic carbocycles. The average Bonchev–Trinajstić information content (AvgIpc) is 2.48. The van der Waals surface area contributed by atoms with E-state index in [-0.39, 0.29) is 11.8 Å². The number of ether oxygens (including phenoxy) is 1. The van der Waals surface area contributed by atoms with Crippen LogP contribution in [0.2, 0.25) is 0 Å². The number of benzene rings is 1. The summed E-state index contributed by atoms with van der Waals surface area (Å²) in [6, 6.07) is 5.73. The first kappa shape index (κ1) is 14.6. The predicted molar refractivity (Wildman–Crippen MR) is 79.3 cm³/mol. The van der Waals surface area contributed by atoms with Crippen molar-refractivity contribution in [2.75, 3.05) is 25.1 Å². The molecule has 1 atom stereocenters. The molecule has 1 aromatic carbocycles. The van der Waals surface area contributed by atoms with Gasteiger partial charge in [-0.05, 0) is 43.5 Å². The van der Waals surface area contributed by atoms with E-state index in [4.69, 9.17) is 10.5 Å². The van der Waals surface area contributed by atoms with Crippen LogP contribution in [0.4, 0.5) is 5.69 Å². The standard InChI is InChI=1S/C16H20N2O2/c1-12-10-13(4-2-8-17)6-7-15(12)18-16(19)14-5-3-9-20-11-14/h6-7,10,14H,3,5,8-9,11,17H2,1H3,(H,18,19). The number of nitrogens with one attached hydrogen (secondary N) is 1. The minimum atomic E-state index is -0.0418. The van der Waals surface area contributed by atoms with Crippen molar-refractivity contribution in [3.8, 4) is 11.8 Å². The number of rotatable bonds is 2. The second-order valence-corrected chi connectivity index (χ2v) is 4.94. The lowest BCUT2D eigenvalue weighted by atomic mass is 10.0. The molecule has 20 heavy (non-hydrogen) atoms. The zero-order chi connectivity index (χ0) is 14.4. The highest BCUT2D eigenvalue weighted by Crippen LogP contribution is 2.20. The van der Waals surface area contributed by atoms with Crippen LogP contribution in [-0.2, 0) is 9.53 Å². The molecular formula is C16H20N2O2. The van der Waals surface area contributed by atoms with Crippen molar-refractivity contribution in [2.45, 2.75) is 19.8 Å². The van der Waals surface area contributed by atoms with Gasteiger partial charge in [0.25, 0.3) is 0 Å². The molecule has 3 N–H and O–H groups in total. The van der Waals surface area contributed by atoms with Crippen molar-refractivity contribution in [2.24, 2.45) is 11.7 Å². The summed E-state index contributed by atoms with van der Waals surface area (Å²) >= 11 is 0. The number of hydrogen-bond acceptors (Lipinski definition) is 3. The van der Waals surface area contributed by atoms with Crippen LogP contribution in [0.5, 0.6) is 0 Å². The average molecular weight is 272 g/mol. The van der Waals surface area contributed by atoms with Gasteiger partial charge >= 0.3 is 0 Å². The zero-order valence-electron chi connectivity index (χ0n) is 11.7. The Hall–Kier alpha value is -1.83. The van der Waals surface area contributed by atoms with Crippen molar-refractivity contribution in [3.05, 3.63) is 29.3 Å². The zero-order valence-corrected chi connectivity index (χ0v) is 11.7. The fraction of sp³-hybridized carbons (Fsp3) is 0.438. The molecule has 0 spiro atoms. The summed E-state index contributed by atoms with van der Waals surface area (Å²) in [5.41, 5.74) is 8.09. The molecule has 4 nitrogen and oxygen atoms in total. The number of carbonyl (C=O) groups excluding carboxylic acids is 1. The lowest BCUT2D eigenvalue weighted by Crippen LogP contribution is -2.30. The summed E-state index contributed by atoms with van der Waals surface area (Å²) in [5.74, 6) is 5.79. The second kappa shape index (κ2) is 7.09. The molecule has 1 heterocycles. The van der Waals surface area contributed by atoms with E-state index >= 15 is 0 Å². The third-order valence-corrected chi connectivity index (χ3v) is 3.35. The molecule has 1 amide bonds. The van der Waals surface area contributed by atoms with Crippen LogP contribution in [0.1, 0.15) is 24.0 Å². The molecule has 0 saturated carbocycles. The second-order valence-electron chi connectivity index (χ2n) is 4.94. The number of hydrogen-bond donors (Lipinski definition) is 2. The topological polar surface area (TPSA) is 64.3 Å². The summed E-state index contributed by atoms with van der Waals surface area (Å²) < 4.78 is 5.34. The van der Waals surface area contributed by atoms with Crippen LogP contribution in [-0.4, -0.2) is 25.7 Å².